The van der Waals surface area contributed by atoms with Crippen LogP contribution in [-0.4, -0.2) is 59.3 Å². The number of alkyl carbamates (subject to hydrolysis) is 1. The summed E-state index contributed by atoms with van der Waals surface area (Å²) >= 11 is 0. The average molecular weight is 329 g/mol. The molecule has 8 heteroatoms. The molecule has 23 heavy (non-hydrogen) atoms. The van der Waals surface area contributed by atoms with Crippen molar-refractivity contribution in [3.8, 4) is 0 Å². The molecule has 1 saturated heterocycles. The van der Waals surface area contributed by atoms with E-state index in [9.17, 15) is 19.5 Å². The molecular formula is C15H27N3O5. The molecule has 1 fully saturated rings. The Labute approximate surface area is 136 Å². The molecule has 1 heterocycles. The number of carboxylic acid groups (broad SMARTS) is 1. The lowest BCUT2D eigenvalue weighted by atomic mass is 10.1. The van der Waals surface area contributed by atoms with E-state index in [1.54, 1.807) is 20.8 Å². The molecule has 0 aromatic heterocycles. The Hall–Kier alpha value is -1.83. The van der Waals surface area contributed by atoms with E-state index in [0.29, 0.717) is 32.5 Å². The number of carboxylic acids is 1. The summed E-state index contributed by atoms with van der Waals surface area (Å²) < 4.78 is 5.09. The maximum Gasteiger partial charge on any atom is 0.407 e. The summed E-state index contributed by atoms with van der Waals surface area (Å²) in [5.74, 6) is -1.19. The summed E-state index contributed by atoms with van der Waals surface area (Å²) in [6.45, 7) is 6.33. The van der Waals surface area contributed by atoms with Crippen LogP contribution in [0.1, 0.15) is 40.0 Å². The lowest BCUT2D eigenvalue weighted by Crippen LogP contribution is -2.43. The van der Waals surface area contributed by atoms with Crippen LogP contribution in [-0.2, 0) is 14.3 Å². The highest BCUT2D eigenvalue weighted by Crippen LogP contribution is 2.21. The smallest absolute Gasteiger partial charge is 0.407 e. The quantitative estimate of drug-likeness (QED) is 0.586. The number of carbonyl (C=O) groups is 3. The summed E-state index contributed by atoms with van der Waals surface area (Å²) in [6, 6.07) is -0.875. The first kappa shape index (κ1) is 19.2. The molecule has 8 nitrogen and oxygen atoms in total. The highest BCUT2D eigenvalue weighted by atomic mass is 16.6. The van der Waals surface area contributed by atoms with Gasteiger partial charge in [-0.3, -0.25) is 4.79 Å². The van der Waals surface area contributed by atoms with Crippen LogP contribution in [0.2, 0.25) is 0 Å². The number of amides is 2. The van der Waals surface area contributed by atoms with E-state index in [1.807, 2.05) is 0 Å². The van der Waals surface area contributed by atoms with Crippen LogP contribution in [0.25, 0.3) is 0 Å². The van der Waals surface area contributed by atoms with Crippen LogP contribution in [0, 0.1) is 5.92 Å². The van der Waals surface area contributed by atoms with Crippen LogP contribution < -0.4 is 11.1 Å². The van der Waals surface area contributed by atoms with Crippen molar-refractivity contribution in [1.82, 2.24) is 10.2 Å². The molecule has 0 aliphatic carbocycles. The van der Waals surface area contributed by atoms with E-state index in [1.165, 1.54) is 4.90 Å². The zero-order valence-electron chi connectivity index (χ0n) is 14.0. The number of carbonyl (C=O) groups excluding carboxylic acids is 2. The van der Waals surface area contributed by atoms with Gasteiger partial charge in [-0.1, -0.05) is 0 Å². The third-order valence-electron chi connectivity index (χ3n) is 3.56. The minimum absolute atomic E-state index is 0.0178. The number of hydrogen-bond acceptors (Lipinski definition) is 5. The van der Waals surface area contributed by atoms with Gasteiger partial charge in [0.15, 0.2) is 0 Å². The number of nitrogens with one attached hydrogen (secondary N) is 1. The lowest BCUT2D eigenvalue weighted by molar-refractivity contribution is -0.148. The zero-order valence-corrected chi connectivity index (χ0v) is 14.0. The Morgan fingerprint density at radius 3 is 2.61 bits per heavy atom. The summed E-state index contributed by atoms with van der Waals surface area (Å²) in [5.41, 5.74) is 4.98. The van der Waals surface area contributed by atoms with Crippen molar-refractivity contribution in [2.24, 2.45) is 11.7 Å². The molecule has 0 saturated carbocycles. The molecule has 1 unspecified atom stereocenters. The van der Waals surface area contributed by atoms with E-state index in [4.69, 9.17) is 10.5 Å². The molecule has 0 radical (unpaired) electrons. The number of ether oxygens (including phenoxy) is 1. The number of nitrogens with two attached hydrogens (primary N) is 1. The molecule has 0 spiro atoms. The SMILES string of the molecule is CC(C)(C)OC(=O)NCCC[C@@H](C(=O)O)N1CC(CN)CC1=O. The summed E-state index contributed by atoms with van der Waals surface area (Å²) in [4.78, 5) is 36.2. The molecule has 0 aromatic rings. The van der Waals surface area contributed by atoms with Gasteiger partial charge in [-0.15, -0.1) is 0 Å². The molecule has 1 rings (SSSR count). The molecule has 4 N–H and O–H groups in total. The summed E-state index contributed by atoms with van der Waals surface area (Å²) in [6.07, 6.45) is 0.475. The maximum atomic E-state index is 11.9. The second kappa shape index (κ2) is 8.14. The Morgan fingerprint density at radius 1 is 1.48 bits per heavy atom. The standard InChI is InChI=1S/C15H27N3O5/c1-15(2,3)23-14(22)17-6-4-5-11(13(20)21)18-9-10(8-16)7-12(18)19/h10-11H,4-9,16H2,1-3H3,(H,17,22)(H,20,21)/t10?,11-/m0/s1. The highest BCUT2D eigenvalue weighted by molar-refractivity contribution is 5.85. The number of rotatable bonds is 7. The number of likely N-dealkylation sites (tertiary alicyclic amines) is 1. The van der Waals surface area contributed by atoms with Crippen LogP contribution in [0.4, 0.5) is 4.79 Å². The van der Waals surface area contributed by atoms with Crippen molar-refractivity contribution >= 4 is 18.0 Å². The molecular weight excluding hydrogens is 302 g/mol. The van der Waals surface area contributed by atoms with Crippen LogP contribution >= 0.6 is 0 Å². The molecule has 0 bridgehead atoms. The van der Waals surface area contributed by atoms with E-state index in [-0.39, 0.29) is 18.2 Å². The second-order valence-corrected chi connectivity index (χ2v) is 6.78. The van der Waals surface area contributed by atoms with Crippen molar-refractivity contribution in [1.29, 1.82) is 0 Å². The predicted octanol–water partition coefficient (Wildman–Crippen LogP) is 0.552. The van der Waals surface area contributed by atoms with Gasteiger partial charge in [0, 0.05) is 19.5 Å². The third-order valence-corrected chi connectivity index (χ3v) is 3.56. The fourth-order valence-electron chi connectivity index (χ4n) is 2.48. The number of hydrogen-bond donors (Lipinski definition) is 3. The van der Waals surface area contributed by atoms with Crippen molar-refractivity contribution in [3.63, 3.8) is 0 Å². The van der Waals surface area contributed by atoms with Crippen molar-refractivity contribution in [3.05, 3.63) is 0 Å². The van der Waals surface area contributed by atoms with Crippen LogP contribution in [0.3, 0.4) is 0 Å². The van der Waals surface area contributed by atoms with E-state index in [0.717, 1.165) is 0 Å². The first-order valence-electron chi connectivity index (χ1n) is 7.83. The van der Waals surface area contributed by atoms with Gasteiger partial charge in [0.05, 0.1) is 0 Å². The Morgan fingerprint density at radius 2 is 2.13 bits per heavy atom. The zero-order chi connectivity index (χ0) is 17.6. The van der Waals surface area contributed by atoms with E-state index < -0.39 is 23.7 Å². The topological polar surface area (TPSA) is 122 Å². The minimum atomic E-state index is -1.03. The molecule has 1 aliphatic rings. The van der Waals surface area contributed by atoms with Gasteiger partial charge < -0.3 is 25.8 Å². The van der Waals surface area contributed by atoms with Gasteiger partial charge in [0.1, 0.15) is 11.6 Å². The molecule has 132 valence electrons. The van der Waals surface area contributed by atoms with Gasteiger partial charge >= 0.3 is 12.1 Å². The van der Waals surface area contributed by atoms with Gasteiger partial charge in [-0.05, 0) is 46.1 Å². The fourth-order valence-corrected chi connectivity index (χ4v) is 2.48. The number of nitrogens with zero attached hydrogens (tertiary/aromatic N) is 1. The summed E-state index contributed by atoms with van der Waals surface area (Å²) in [7, 11) is 0. The normalized spacial score (nSPS) is 19.6. The fraction of sp³-hybridized carbons (Fsp3) is 0.800. The Balaban J connectivity index is 2.42. The first-order valence-corrected chi connectivity index (χ1v) is 7.83. The van der Waals surface area contributed by atoms with Gasteiger partial charge in [-0.2, -0.15) is 0 Å². The van der Waals surface area contributed by atoms with E-state index in [2.05, 4.69) is 5.32 Å². The van der Waals surface area contributed by atoms with Crippen molar-refractivity contribution in [2.75, 3.05) is 19.6 Å². The highest BCUT2D eigenvalue weighted by Gasteiger charge is 2.36. The first-order chi connectivity index (χ1) is 10.6. The Bertz CT molecular complexity index is 447. The largest absolute Gasteiger partial charge is 0.480 e. The number of aliphatic carboxylic acids is 1. The predicted molar refractivity (Wildman–Crippen MR) is 83.8 cm³/mol. The molecule has 1 aliphatic heterocycles. The molecule has 0 aromatic carbocycles. The second-order valence-electron chi connectivity index (χ2n) is 6.78. The molecule has 2 atom stereocenters. The third kappa shape index (κ3) is 6.43. The van der Waals surface area contributed by atoms with Crippen molar-refractivity contribution < 1.29 is 24.2 Å². The van der Waals surface area contributed by atoms with Crippen LogP contribution in [0.15, 0.2) is 0 Å². The van der Waals surface area contributed by atoms with Gasteiger partial charge in [-0.25, -0.2) is 9.59 Å². The minimum Gasteiger partial charge on any atom is -0.480 e. The summed E-state index contributed by atoms with van der Waals surface area (Å²) in [5, 5.41) is 11.9. The average Bonchev–Trinajstić information content (AvgIpc) is 2.77. The Kier molecular flexibility index (Phi) is 6.80. The van der Waals surface area contributed by atoms with Gasteiger partial charge in [0.25, 0.3) is 0 Å². The van der Waals surface area contributed by atoms with Crippen molar-refractivity contribution in [2.45, 2.75) is 51.7 Å². The monoisotopic (exact) mass is 329 g/mol. The lowest BCUT2D eigenvalue weighted by Gasteiger charge is -2.25. The van der Waals surface area contributed by atoms with Crippen LogP contribution in [0.5, 0.6) is 0 Å². The van der Waals surface area contributed by atoms with Gasteiger partial charge in [0.2, 0.25) is 5.91 Å². The maximum absolute atomic E-state index is 11.9. The molecule has 2 amide bonds. The van der Waals surface area contributed by atoms with E-state index >= 15 is 0 Å².